The van der Waals surface area contributed by atoms with Crippen molar-refractivity contribution < 1.29 is 0 Å². The third-order valence-corrected chi connectivity index (χ3v) is 7.40. The Morgan fingerprint density at radius 3 is 1.64 bits per heavy atom. The summed E-state index contributed by atoms with van der Waals surface area (Å²) < 4.78 is 0. The monoisotopic (exact) mass is 498 g/mol. The van der Waals surface area contributed by atoms with Crippen molar-refractivity contribution in [1.29, 1.82) is 0 Å². The Kier molecular flexibility index (Phi) is 5.71. The third kappa shape index (κ3) is 4.26. The van der Waals surface area contributed by atoms with Crippen LogP contribution in [0.25, 0.3) is 66.6 Å². The smallest absolute Gasteiger partial charge is 0.160 e. The number of para-hydroxylation sites is 1. The second-order valence-electron chi connectivity index (χ2n) is 9.93. The number of hydrogen-bond donors (Lipinski definition) is 0. The van der Waals surface area contributed by atoms with Gasteiger partial charge in [0.05, 0.1) is 11.2 Å². The van der Waals surface area contributed by atoms with E-state index in [0.29, 0.717) is 0 Å². The molecule has 1 heterocycles. The summed E-state index contributed by atoms with van der Waals surface area (Å²) in [7, 11) is 0. The van der Waals surface area contributed by atoms with E-state index in [1.165, 1.54) is 38.6 Å². The molecule has 1 aromatic heterocycles. The molecule has 0 atom stereocenters. The molecule has 0 N–H and O–H groups in total. The minimum atomic E-state index is 0.740. The molecule has 0 saturated carbocycles. The normalized spacial score (nSPS) is 11.2. The molecular formula is C37H26N2. The van der Waals surface area contributed by atoms with E-state index < -0.39 is 0 Å². The van der Waals surface area contributed by atoms with Gasteiger partial charge in [0.1, 0.15) is 0 Å². The maximum absolute atomic E-state index is 5.13. The van der Waals surface area contributed by atoms with Gasteiger partial charge in [0.2, 0.25) is 0 Å². The zero-order chi connectivity index (χ0) is 26.2. The number of aryl methyl sites for hydroxylation is 1. The number of benzene rings is 6. The van der Waals surface area contributed by atoms with Crippen molar-refractivity contribution in [2.45, 2.75) is 6.92 Å². The Bertz CT molecular complexity index is 1940. The highest BCUT2D eigenvalue weighted by molar-refractivity contribution is 6.08. The molecule has 39 heavy (non-hydrogen) atoms. The van der Waals surface area contributed by atoms with Crippen LogP contribution in [0.1, 0.15) is 5.56 Å². The zero-order valence-electron chi connectivity index (χ0n) is 21.7. The molecule has 184 valence electrons. The van der Waals surface area contributed by atoms with Crippen molar-refractivity contribution in [3.05, 3.63) is 145 Å². The number of aromatic nitrogens is 2. The molecule has 0 aliphatic rings. The summed E-state index contributed by atoms with van der Waals surface area (Å²) in [5.41, 5.74) is 10.2. The molecule has 0 spiro atoms. The van der Waals surface area contributed by atoms with E-state index in [4.69, 9.17) is 9.97 Å². The minimum Gasteiger partial charge on any atom is -0.228 e. The highest BCUT2D eigenvalue weighted by Crippen LogP contribution is 2.38. The van der Waals surface area contributed by atoms with Crippen LogP contribution in [0, 0.1) is 6.92 Å². The number of nitrogens with zero attached hydrogens (tertiary/aromatic N) is 2. The van der Waals surface area contributed by atoms with Crippen molar-refractivity contribution in [3.8, 4) is 44.9 Å². The van der Waals surface area contributed by atoms with Gasteiger partial charge in [-0.1, -0.05) is 139 Å². The number of hydrogen-bond acceptors (Lipinski definition) is 2. The van der Waals surface area contributed by atoms with Gasteiger partial charge in [-0.05, 0) is 46.0 Å². The Labute approximate surface area is 228 Å². The lowest BCUT2D eigenvalue weighted by Crippen LogP contribution is -1.96. The van der Waals surface area contributed by atoms with Gasteiger partial charge in [0, 0.05) is 16.5 Å². The largest absolute Gasteiger partial charge is 0.228 e. The van der Waals surface area contributed by atoms with E-state index in [2.05, 4.69) is 122 Å². The maximum Gasteiger partial charge on any atom is 0.160 e. The lowest BCUT2D eigenvalue weighted by molar-refractivity contribution is 1.23. The fourth-order valence-corrected chi connectivity index (χ4v) is 5.34. The molecule has 0 bridgehead atoms. The van der Waals surface area contributed by atoms with E-state index in [0.717, 1.165) is 33.5 Å². The molecule has 0 radical (unpaired) electrons. The van der Waals surface area contributed by atoms with E-state index in [1.54, 1.807) is 0 Å². The minimum absolute atomic E-state index is 0.740. The van der Waals surface area contributed by atoms with Crippen molar-refractivity contribution in [2.24, 2.45) is 0 Å². The molecule has 2 nitrogen and oxygen atoms in total. The van der Waals surface area contributed by atoms with Crippen molar-refractivity contribution in [2.75, 3.05) is 0 Å². The molecule has 6 aromatic carbocycles. The van der Waals surface area contributed by atoms with Crippen LogP contribution in [0.4, 0.5) is 0 Å². The molecular weight excluding hydrogens is 472 g/mol. The molecule has 0 fully saturated rings. The number of rotatable bonds is 4. The van der Waals surface area contributed by atoms with Crippen molar-refractivity contribution >= 4 is 21.7 Å². The van der Waals surface area contributed by atoms with Crippen LogP contribution in [-0.4, -0.2) is 9.97 Å². The van der Waals surface area contributed by atoms with Crippen LogP contribution in [0.5, 0.6) is 0 Å². The lowest BCUT2D eigenvalue weighted by atomic mass is 9.92. The Hall–Kier alpha value is -5.08. The summed E-state index contributed by atoms with van der Waals surface area (Å²) in [6, 6.07) is 49.2. The van der Waals surface area contributed by atoms with Crippen LogP contribution in [0.15, 0.2) is 140 Å². The predicted molar refractivity (Wildman–Crippen MR) is 164 cm³/mol. The molecule has 7 rings (SSSR count). The molecule has 0 saturated heterocycles. The standard InChI is InChI=1S/C37H26N2/c1-25-15-17-26(18-16-25)27-19-21-28(22-20-27)30-23-24-33(32-12-6-5-11-31(30)32)36-34-13-7-8-14-35(34)38-37(39-36)29-9-3-2-4-10-29/h2-24H,1H3. The van der Waals surface area contributed by atoms with Gasteiger partial charge < -0.3 is 0 Å². The van der Waals surface area contributed by atoms with Crippen LogP contribution in [0.2, 0.25) is 0 Å². The van der Waals surface area contributed by atoms with E-state index in [-0.39, 0.29) is 0 Å². The van der Waals surface area contributed by atoms with Gasteiger partial charge in [-0.3, -0.25) is 0 Å². The molecule has 0 aliphatic carbocycles. The van der Waals surface area contributed by atoms with Crippen LogP contribution in [0.3, 0.4) is 0 Å². The Morgan fingerprint density at radius 1 is 0.385 bits per heavy atom. The van der Waals surface area contributed by atoms with Gasteiger partial charge in [0.15, 0.2) is 5.82 Å². The van der Waals surface area contributed by atoms with Gasteiger partial charge in [-0.15, -0.1) is 0 Å². The first-order valence-electron chi connectivity index (χ1n) is 13.3. The second-order valence-corrected chi connectivity index (χ2v) is 9.93. The molecule has 2 heteroatoms. The third-order valence-electron chi connectivity index (χ3n) is 7.40. The van der Waals surface area contributed by atoms with Crippen LogP contribution < -0.4 is 0 Å². The summed E-state index contributed by atoms with van der Waals surface area (Å²) in [5, 5.41) is 3.44. The quantitative estimate of drug-likeness (QED) is 0.241. The van der Waals surface area contributed by atoms with Crippen molar-refractivity contribution in [3.63, 3.8) is 0 Å². The van der Waals surface area contributed by atoms with Gasteiger partial charge in [-0.2, -0.15) is 0 Å². The van der Waals surface area contributed by atoms with Crippen molar-refractivity contribution in [1.82, 2.24) is 9.97 Å². The highest BCUT2D eigenvalue weighted by atomic mass is 14.9. The summed E-state index contributed by atoms with van der Waals surface area (Å²) in [6.45, 7) is 2.12. The Morgan fingerprint density at radius 2 is 0.923 bits per heavy atom. The predicted octanol–water partition coefficient (Wildman–Crippen LogP) is 9.76. The first-order valence-corrected chi connectivity index (χ1v) is 13.3. The first-order chi connectivity index (χ1) is 19.2. The molecule has 0 amide bonds. The van der Waals surface area contributed by atoms with Crippen LogP contribution >= 0.6 is 0 Å². The van der Waals surface area contributed by atoms with Gasteiger partial charge >= 0.3 is 0 Å². The van der Waals surface area contributed by atoms with E-state index in [1.807, 2.05) is 24.3 Å². The van der Waals surface area contributed by atoms with E-state index in [9.17, 15) is 0 Å². The maximum atomic E-state index is 5.13. The van der Waals surface area contributed by atoms with E-state index >= 15 is 0 Å². The summed E-state index contributed by atoms with van der Waals surface area (Å²) in [4.78, 5) is 10.0. The lowest BCUT2D eigenvalue weighted by Gasteiger charge is -2.14. The molecule has 0 aliphatic heterocycles. The number of fused-ring (bicyclic) bond motifs is 2. The molecule has 0 unspecified atom stereocenters. The zero-order valence-corrected chi connectivity index (χ0v) is 21.7. The fraction of sp³-hybridized carbons (Fsp3) is 0.0270. The van der Waals surface area contributed by atoms with Gasteiger partial charge in [-0.25, -0.2) is 9.97 Å². The second kappa shape index (κ2) is 9.66. The Balaban J connectivity index is 1.38. The molecule has 7 aromatic rings. The summed E-state index contributed by atoms with van der Waals surface area (Å²) >= 11 is 0. The SMILES string of the molecule is Cc1ccc(-c2ccc(-c3ccc(-c4nc(-c5ccccc5)nc5ccccc45)c4ccccc34)cc2)cc1. The highest BCUT2D eigenvalue weighted by Gasteiger charge is 2.15. The first kappa shape index (κ1) is 23.1. The summed E-state index contributed by atoms with van der Waals surface area (Å²) in [5.74, 6) is 0.740. The fourth-order valence-electron chi connectivity index (χ4n) is 5.34. The van der Waals surface area contributed by atoms with Crippen LogP contribution in [-0.2, 0) is 0 Å². The average molecular weight is 499 g/mol. The van der Waals surface area contributed by atoms with Gasteiger partial charge in [0.25, 0.3) is 0 Å². The summed E-state index contributed by atoms with van der Waals surface area (Å²) in [6.07, 6.45) is 0. The average Bonchev–Trinajstić information content (AvgIpc) is 3.01. The topological polar surface area (TPSA) is 25.8 Å².